The highest BCUT2D eigenvalue weighted by molar-refractivity contribution is 5.91. The number of nitrogens with one attached hydrogen (secondary N) is 3. The molecular weight excluding hydrogens is 238 g/mol. The van der Waals surface area contributed by atoms with E-state index in [-0.39, 0.29) is 17.6 Å². The average molecular weight is 255 g/mol. The number of ether oxygens (including phenoxy) is 1. The van der Waals surface area contributed by atoms with Crippen molar-refractivity contribution in [2.45, 2.75) is 25.7 Å². The first-order chi connectivity index (χ1) is 8.63. The van der Waals surface area contributed by atoms with Gasteiger partial charge in [-0.05, 0) is 12.8 Å². The molecular formula is C11H17N3O4. The molecule has 0 aliphatic heterocycles. The molecule has 1 aromatic heterocycles. The Morgan fingerprint density at radius 2 is 2.11 bits per heavy atom. The number of methoxy groups -OCH3 is 1. The summed E-state index contributed by atoms with van der Waals surface area (Å²) in [6, 6.07) is 0. The molecule has 1 aromatic rings. The van der Waals surface area contributed by atoms with Crippen LogP contribution < -0.4 is 11.0 Å². The first kappa shape index (κ1) is 14.0. The minimum atomic E-state index is -0.404. The van der Waals surface area contributed by atoms with E-state index >= 15 is 0 Å². The van der Waals surface area contributed by atoms with E-state index in [0.29, 0.717) is 13.0 Å². The van der Waals surface area contributed by atoms with Gasteiger partial charge in [-0.3, -0.25) is 9.59 Å². The minimum absolute atomic E-state index is 0.217. The summed E-state index contributed by atoms with van der Waals surface area (Å²) in [6.07, 6.45) is 4.07. The molecule has 0 atom stereocenters. The zero-order chi connectivity index (χ0) is 13.4. The van der Waals surface area contributed by atoms with Crippen molar-refractivity contribution >= 4 is 11.9 Å². The van der Waals surface area contributed by atoms with Crippen molar-refractivity contribution in [2.24, 2.45) is 0 Å². The van der Waals surface area contributed by atoms with E-state index < -0.39 is 5.69 Å². The normalized spacial score (nSPS) is 10.1. The summed E-state index contributed by atoms with van der Waals surface area (Å²) < 4.78 is 4.51. The van der Waals surface area contributed by atoms with Crippen LogP contribution in [-0.2, 0) is 9.53 Å². The Labute approximate surface area is 104 Å². The van der Waals surface area contributed by atoms with Crippen molar-refractivity contribution in [3.8, 4) is 0 Å². The van der Waals surface area contributed by atoms with E-state index in [4.69, 9.17) is 0 Å². The van der Waals surface area contributed by atoms with Gasteiger partial charge >= 0.3 is 11.7 Å². The highest BCUT2D eigenvalue weighted by Gasteiger charge is 2.06. The van der Waals surface area contributed by atoms with Crippen LogP contribution in [0.2, 0.25) is 0 Å². The lowest BCUT2D eigenvalue weighted by Gasteiger charge is -2.03. The standard InChI is InChI=1S/C11H17N3O4/c1-18-9(15)5-3-2-4-6-12-10(16)8-7-13-11(17)14-8/h7H,2-6H2,1H3,(H,12,16)(H2,13,14,17). The second kappa shape index (κ2) is 7.31. The molecule has 18 heavy (non-hydrogen) atoms. The molecule has 0 saturated carbocycles. The second-order valence-corrected chi connectivity index (χ2v) is 3.80. The van der Waals surface area contributed by atoms with Gasteiger partial charge in [-0.1, -0.05) is 6.42 Å². The topological polar surface area (TPSA) is 104 Å². The highest BCUT2D eigenvalue weighted by atomic mass is 16.5. The van der Waals surface area contributed by atoms with Crippen molar-refractivity contribution in [1.82, 2.24) is 15.3 Å². The van der Waals surface area contributed by atoms with Crippen LogP contribution in [0.5, 0.6) is 0 Å². The van der Waals surface area contributed by atoms with Gasteiger partial charge in [0.15, 0.2) is 0 Å². The third kappa shape index (κ3) is 4.86. The summed E-state index contributed by atoms with van der Waals surface area (Å²) in [7, 11) is 1.36. The average Bonchev–Trinajstić information content (AvgIpc) is 2.79. The Bertz CT molecular complexity index is 449. The Kier molecular flexibility index (Phi) is 5.69. The fourth-order valence-corrected chi connectivity index (χ4v) is 1.42. The summed E-state index contributed by atoms with van der Waals surface area (Å²) in [6.45, 7) is 0.507. The van der Waals surface area contributed by atoms with E-state index in [0.717, 1.165) is 19.3 Å². The molecule has 0 unspecified atom stereocenters. The van der Waals surface area contributed by atoms with Gasteiger partial charge in [-0.2, -0.15) is 0 Å². The number of carbonyl (C=O) groups is 2. The number of aromatic amines is 2. The fourth-order valence-electron chi connectivity index (χ4n) is 1.42. The van der Waals surface area contributed by atoms with Gasteiger partial charge in [-0.15, -0.1) is 0 Å². The van der Waals surface area contributed by atoms with Gasteiger partial charge < -0.3 is 20.0 Å². The summed E-state index contributed by atoms with van der Waals surface area (Å²) in [5, 5.41) is 2.67. The third-order valence-corrected chi connectivity index (χ3v) is 2.41. The largest absolute Gasteiger partial charge is 0.469 e. The van der Waals surface area contributed by atoms with Crippen molar-refractivity contribution in [2.75, 3.05) is 13.7 Å². The number of rotatable bonds is 7. The number of hydrogen-bond donors (Lipinski definition) is 3. The lowest BCUT2D eigenvalue weighted by Crippen LogP contribution is -2.25. The minimum Gasteiger partial charge on any atom is -0.469 e. The number of aromatic nitrogens is 2. The van der Waals surface area contributed by atoms with Gasteiger partial charge in [0, 0.05) is 19.2 Å². The lowest BCUT2D eigenvalue weighted by atomic mass is 10.2. The van der Waals surface area contributed by atoms with Gasteiger partial charge in [0.05, 0.1) is 7.11 Å². The Hall–Kier alpha value is -2.05. The lowest BCUT2D eigenvalue weighted by molar-refractivity contribution is -0.140. The van der Waals surface area contributed by atoms with Crippen LogP contribution in [0, 0.1) is 0 Å². The molecule has 0 radical (unpaired) electrons. The van der Waals surface area contributed by atoms with E-state index in [1.165, 1.54) is 13.3 Å². The predicted molar refractivity (Wildman–Crippen MR) is 64.2 cm³/mol. The number of imidazole rings is 1. The number of esters is 1. The van der Waals surface area contributed by atoms with Gasteiger partial charge in [0.2, 0.25) is 0 Å². The SMILES string of the molecule is COC(=O)CCCCCNC(=O)c1c[nH]c(=O)[nH]1. The monoisotopic (exact) mass is 255 g/mol. The van der Waals surface area contributed by atoms with Crippen molar-refractivity contribution < 1.29 is 14.3 Å². The molecule has 1 rings (SSSR count). The van der Waals surface area contributed by atoms with Crippen LogP contribution in [0.1, 0.15) is 36.2 Å². The summed E-state index contributed by atoms with van der Waals surface area (Å²) in [5.41, 5.74) is -0.187. The number of H-pyrrole nitrogens is 2. The number of unbranched alkanes of at least 4 members (excludes halogenated alkanes) is 2. The van der Waals surface area contributed by atoms with Crippen molar-refractivity contribution in [3.05, 3.63) is 22.4 Å². The smallest absolute Gasteiger partial charge is 0.323 e. The molecule has 0 aliphatic carbocycles. The van der Waals surface area contributed by atoms with E-state index in [1.54, 1.807) is 0 Å². The van der Waals surface area contributed by atoms with Crippen LogP contribution in [0.25, 0.3) is 0 Å². The maximum absolute atomic E-state index is 11.5. The van der Waals surface area contributed by atoms with Gasteiger partial charge in [0.25, 0.3) is 5.91 Å². The Morgan fingerprint density at radius 1 is 1.33 bits per heavy atom. The summed E-state index contributed by atoms with van der Waals surface area (Å²) >= 11 is 0. The first-order valence-corrected chi connectivity index (χ1v) is 5.76. The second-order valence-electron chi connectivity index (χ2n) is 3.80. The number of amides is 1. The van der Waals surface area contributed by atoms with Crippen molar-refractivity contribution in [1.29, 1.82) is 0 Å². The van der Waals surface area contributed by atoms with Gasteiger partial charge in [-0.25, -0.2) is 4.79 Å². The quantitative estimate of drug-likeness (QED) is 0.477. The fraction of sp³-hybridized carbons (Fsp3) is 0.545. The molecule has 7 heteroatoms. The van der Waals surface area contributed by atoms with E-state index in [9.17, 15) is 14.4 Å². The molecule has 0 fully saturated rings. The van der Waals surface area contributed by atoms with Crippen LogP contribution in [-0.4, -0.2) is 35.5 Å². The molecule has 1 amide bonds. The maximum atomic E-state index is 11.5. The molecule has 0 saturated heterocycles. The molecule has 7 nitrogen and oxygen atoms in total. The van der Waals surface area contributed by atoms with E-state index in [1.807, 2.05) is 0 Å². The number of hydrogen-bond acceptors (Lipinski definition) is 4. The molecule has 0 aliphatic rings. The Morgan fingerprint density at radius 3 is 2.72 bits per heavy atom. The van der Waals surface area contributed by atoms with Crippen molar-refractivity contribution in [3.63, 3.8) is 0 Å². The molecule has 0 bridgehead atoms. The van der Waals surface area contributed by atoms with Crippen LogP contribution in [0.4, 0.5) is 0 Å². The molecule has 1 heterocycles. The zero-order valence-corrected chi connectivity index (χ0v) is 10.2. The van der Waals surface area contributed by atoms with E-state index in [2.05, 4.69) is 20.0 Å². The molecule has 100 valence electrons. The number of carbonyl (C=O) groups excluding carboxylic acids is 2. The maximum Gasteiger partial charge on any atom is 0.323 e. The molecule has 3 N–H and O–H groups in total. The molecule has 0 spiro atoms. The predicted octanol–water partition coefficient (Wildman–Crippen LogP) is 0.166. The van der Waals surface area contributed by atoms with Crippen LogP contribution in [0.15, 0.2) is 11.0 Å². The third-order valence-electron chi connectivity index (χ3n) is 2.41. The molecule has 0 aromatic carbocycles. The summed E-state index contributed by atoms with van der Waals surface area (Å²) in [4.78, 5) is 37.8. The zero-order valence-electron chi connectivity index (χ0n) is 10.2. The Balaban J connectivity index is 2.09. The first-order valence-electron chi connectivity index (χ1n) is 5.76. The van der Waals surface area contributed by atoms with Crippen LogP contribution in [0.3, 0.4) is 0 Å². The highest BCUT2D eigenvalue weighted by Crippen LogP contribution is 2.00. The van der Waals surface area contributed by atoms with Crippen LogP contribution >= 0.6 is 0 Å². The van der Waals surface area contributed by atoms with Gasteiger partial charge in [0.1, 0.15) is 5.69 Å². The summed E-state index contributed by atoms with van der Waals surface area (Å²) in [5.74, 6) is -0.537.